The molecule has 0 fully saturated rings. The molecule has 0 aliphatic carbocycles. The molecule has 5 nitrogen and oxygen atoms in total. The van der Waals surface area contributed by atoms with E-state index >= 15 is 0 Å². The molecule has 2 rings (SSSR count). The molecule has 6 heteroatoms. The van der Waals surface area contributed by atoms with Crippen molar-refractivity contribution in [3.8, 4) is 5.75 Å². The quantitative estimate of drug-likeness (QED) is 0.806. The van der Waals surface area contributed by atoms with Gasteiger partial charge in [-0.15, -0.1) is 0 Å². The van der Waals surface area contributed by atoms with Gasteiger partial charge in [0.05, 0.1) is 6.20 Å². The monoisotopic (exact) mass is 282 g/mol. The van der Waals surface area contributed by atoms with Crippen molar-refractivity contribution in [2.24, 2.45) is 0 Å². The van der Waals surface area contributed by atoms with E-state index in [4.69, 9.17) is 4.74 Å². The number of nitrogens with zero attached hydrogens (tertiary/aromatic N) is 4. The molecule has 0 saturated heterocycles. The fraction of sp³-hybridized carbons (Fsp3) is 0.300. The van der Waals surface area contributed by atoms with Crippen LogP contribution in [0.15, 0.2) is 29.3 Å². The summed E-state index contributed by atoms with van der Waals surface area (Å²) < 4.78 is 8.13. The van der Waals surface area contributed by atoms with Gasteiger partial charge in [0.2, 0.25) is 0 Å². The van der Waals surface area contributed by atoms with Crippen molar-refractivity contribution in [2.45, 2.75) is 20.1 Å². The summed E-state index contributed by atoms with van der Waals surface area (Å²) in [7, 11) is 0. The average Bonchev–Trinajstić information content (AvgIpc) is 2.76. The Morgan fingerprint density at radius 2 is 2.25 bits per heavy atom. The summed E-state index contributed by atoms with van der Waals surface area (Å²) in [5.41, 5.74) is 0. The molecule has 0 radical (unpaired) electrons. The molecule has 0 spiro atoms. The van der Waals surface area contributed by atoms with Crippen LogP contribution in [0.4, 0.5) is 0 Å². The predicted molar refractivity (Wildman–Crippen MR) is 62.0 cm³/mol. The second-order valence-electron chi connectivity index (χ2n) is 3.10. The molecule has 0 aliphatic heterocycles. The van der Waals surface area contributed by atoms with Gasteiger partial charge in [0, 0.05) is 6.54 Å². The van der Waals surface area contributed by atoms with E-state index in [9.17, 15) is 0 Å². The summed E-state index contributed by atoms with van der Waals surface area (Å²) in [5, 5.41) is 4.06. The van der Waals surface area contributed by atoms with E-state index in [1.54, 1.807) is 10.9 Å². The van der Waals surface area contributed by atoms with E-state index < -0.39 is 0 Å². The van der Waals surface area contributed by atoms with E-state index in [-0.39, 0.29) is 0 Å². The van der Waals surface area contributed by atoms with Crippen LogP contribution in [0, 0.1) is 0 Å². The third-order valence-corrected chi connectivity index (χ3v) is 2.53. The molecule has 84 valence electrons. The lowest BCUT2D eigenvalue weighted by molar-refractivity contribution is 0.286. The van der Waals surface area contributed by atoms with Gasteiger partial charge in [0.15, 0.2) is 5.82 Å². The summed E-state index contributed by atoms with van der Waals surface area (Å²) in [6, 6.07) is 3.68. The molecule has 0 atom stereocenters. The van der Waals surface area contributed by atoms with E-state index in [0.717, 1.165) is 17.0 Å². The van der Waals surface area contributed by atoms with Gasteiger partial charge in [-0.05, 0) is 35.0 Å². The molecule has 0 unspecified atom stereocenters. The number of halogens is 1. The Hall–Kier alpha value is -1.43. The minimum absolute atomic E-state index is 0.400. The van der Waals surface area contributed by atoms with Gasteiger partial charge in [0.1, 0.15) is 23.3 Å². The first-order chi connectivity index (χ1) is 7.79. The molecule has 2 aromatic heterocycles. The number of aryl methyl sites for hydroxylation is 1. The Labute approximate surface area is 102 Å². The van der Waals surface area contributed by atoms with Crippen LogP contribution in [0.3, 0.4) is 0 Å². The highest BCUT2D eigenvalue weighted by Crippen LogP contribution is 2.13. The first kappa shape index (κ1) is 11.1. The largest absolute Gasteiger partial charge is 0.484 e. The highest BCUT2D eigenvalue weighted by atomic mass is 79.9. The second-order valence-corrected chi connectivity index (χ2v) is 3.91. The van der Waals surface area contributed by atoms with E-state index in [1.807, 2.05) is 19.1 Å². The number of aromatic nitrogens is 4. The maximum absolute atomic E-state index is 5.54. The summed E-state index contributed by atoms with van der Waals surface area (Å²) in [6.07, 6.45) is 3.19. The molecule has 0 aliphatic rings. The smallest absolute Gasteiger partial charge is 0.164 e. The van der Waals surface area contributed by atoms with Gasteiger partial charge in [-0.25, -0.2) is 14.6 Å². The fourth-order valence-electron chi connectivity index (χ4n) is 1.26. The molecule has 16 heavy (non-hydrogen) atoms. The van der Waals surface area contributed by atoms with Crippen molar-refractivity contribution in [3.05, 3.63) is 35.1 Å². The topological polar surface area (TPSA) is 52.8 Å². The molecule has 0 bridgehead atoms. The van der Waals surface area contributed by atoms with Crippen LogP contribution in [0.2, 0.25) is 0 Å². The molecule has 0 amide bonds. The van der Waals surface area contributed by atoms with E-state index in [0.29, 0.717) is 12.4 Å². The zero-order chi connectivity index (χ0) is 11.4. The molecular weight excluding hydrogens is 272 g/mol. The van der Waals surface area contributed by atoms with E-state index in [1.165, 1.54) is 6.33 Å². The normalized spacial score (nSPS) is 10.4. The molecule has 2 aromatic rings. The highest BCUT2D eigenvalue weighted by molar-refractivity contribution is 9.10. The van der Waals surface area contributed by atoms with Crippen LogP contribution in [-0.2, 0) is 13.2 Å². The van der Waals surface area contributed by atoms with Crippen LogP contribution in [-0.4, -0.2) is 19.7 Å². The van der Waals surface area contributed by atoms with Crippen molar-refractivity contribution in [3.63, 3.8) is 0 Å². The summed E-state index contributed by atoms with van der Waals surface area (Å²) >= 11 is 3.26. The first-order valence-corrected chi connectivity index (χ1v) is 5.70. The Balaban J connectivity index is 1.99. The van der Waals surface area contributed by atoms with Crippen molar-refractivity contribution in [1.29, 1.82) is 0 Å². The number of rotatable bonds is 4. The second kappa shape index (κ2) is 5.07. The fourth-order valence-corrected chi connectivity index (χ4v) is 1.49. The van der Waals surface area contributed by atoms with Crippen molar-refractivity contribution in [2.75, 3.05) is 0 Å². The Bertz CT molecular complexity index is 454. The van der Waals surface area contributed by atoms with Gasteiger partial charge in [-0.1, -0.05) is 0 Å². The van der Waals surface area contributed by atoms with Crippen LogP contribution in [0.5, 0.6) is 5.75 Å². The third-order valence-electron chi connectivity index (χ3n) is 2.06. The molecular formula is C10H11BrN4O. The van der Waals surface area contributed by atoms with Crippen LogP contribution in [0.25, 0.3) is 0 Å². The number of hydrogen-bond acceptors (Lipinski definition) is 4. The maximum Gasteiger partial charge on any atom is 0.164 e. The minimum Gasteiger partial charge on any atom is -0.484 e. The minimum atomic E-state index is 0.400. The molecule has 2 heterocycles. The maximum atomic E-state index is 5.54. The van der Waals surface area contributed by atoms with Crippen LogP contribution >= 0.6 is 15.9 Å². The molecule has 0 aromatic carbocycles. The van der Waals surface area contributed by atoms with Crippen molar-refractivity contribution in [1.82, 2.24) is 19.7 Å². The van der Waals surface area contributed by atoms with Crippen molar-refractivity contribution >= 4 is 15.9 Å². The van der Waals surface area contributed by atoms with E-state index in [2.05, 4.69) is 31.0 Å². The zero-order valence-electron chi connectivity index (χ0n) is 8.80. The Morgan fingerprint density at radius 1 is 1.38 bits per heavy atom. The number of pyridine rings is 1. The predicted octanol–water partition coefficient (Wildman–Crippen LogP) is 2.03. The molecule has 0 N–H and O–H groups in total. The standard InChI is InChI=1S/C10H11BrN4O/c1-2-15-10(13-7-14-15)6-16-8-3-4-9(11)12-5-8/h3-5,7H,2,6H2,1H3. The lowest BCUT2D eigenvalue weighted by atomic mass is 10.5. The van der Waals surface area contributed by atoms with Crippen LogP contribution in [0.1, 0.15) is 12.7 Å². The lowest BCUT2D eigenvalue weighted by Crippen LogP contribution is -2.07. The van der Waals surface area contributed by atoms with Crippen LogP contribution < -0.4 is 4.74 Å². The number of ether oxygens (including phenoxy) is 1. The van der Waals surface area contributed by atoms with Gasteiger partial charge in [-0.3, -0.25) is 0 Å². The van der Waals surface area contributed by atoms with Crippen molar-refractivity contribution < 1.29 is 4.74 Å². The Kier molecular flexibility index (Phi) is 3.51. The summed E-state index contributed by atoms with van der Waals surface area (Å²) in [5.74, 6) is 1.53. The lowest BCUT2D eigenvalue weighted by Gasteiger charge is -2.05. The van der Waals surface area contributed by atoms with Gasteiger partial charge in [0.25, 0.3) is 0 Å². The third kappa shape index (κ3) is 2.57. The van der Waals surface area contributed by atoms with Gasteiger partial charge in [-0.2, -0.15) is 5.10 Å². The average molecular weight is 283 g/mol. The summed E-state index contributed by atoms with van der Waals surface area (Å²) in [6.45, 7) is 3.20. The highest BCUT2D eigenvalue weighted by Gasteiger charge is 2.03. The Morgan fingerprint density at radius 3 is 2.94 bits per heavy atom. The zero-order valence-corrected chi connectivity index (χ0v) is 10.4. The SMILES string of the molecule is CCn1ncnc1COc1ccc(Br)nc1. The summed E-state index contributed by atoms with van der Waals surface area (Å²) in [4.78, 5) is 8.19. The van der Waals surface area contributed by atoms with Gasteiger partial charge < -0.3 is 4.74 Å². The first-order valence-electron chi connectivity index (χ1n) is 4.90. The molecule has 0 saturated carbocycles. The number of hydrogen-bond donors (Lipinski definition) is 0. The van der Waals surface area contributed by atoms with Gasteiger partial charge >= 0.3 is 0 Å².